The van der Waals surface area contributed by atoms with Gasteiger partial charge in [0, 0.05) is 17.8 Å². The molecule has 1 aliphatic rings. The molecule has 0 radical (unpaired) electrons. The number of carbonyl (C=O) groups is 1. The number of rotatable bonds is 7. The number of para-hydroxylation sites is 2. The van der Waals surface area contributed by atoms with Gasteiger partial charge in [0.1, 0.15) is 11.4 Å². The van der Waals surface area contributed by atoms with E-state index in [-0.39, 0.29) is 5.91 Å². The fourth-order valence-corrected chi connectivity index (χ4v) is 4.23. The predicted molar refractivity (Wildman–Crippen MR) is 121 cm³/mol. The summed E-state index contributed by atoms with van der Waals surface area (Å²) in [6.07, 6.45) is 1.91. The van der Waals surface area contributed by atoms with Crippen LogP contribution in [0.1, 0.15) is 41.8 Å². The molecule has 0 fully saturated rings. The van der Waals surface area contributed by atoms with Crippen LogP contribution in [-0.4, -0.2) is 24.0 Å². The highest BCUT2D eigenvalue weighted by molar-refractivity contribution is 6.02. The van der Waals surface area contributed by atoms with Crippen molar-refractivity contribution < 1.29 is 9.53 Å². The Morgan fingerprint density at radius 1 is 0.933 bits per heavy atom. The molecule has 1 N–H and O–H groups in total. The Balaban J connectivity index is 1.56. The lowest BCUT2D eigenvalue weighted by Gasteiger charge is -2.46. The van der Waals surface area contributed by atoms with Crippen molar-refractivity contribution in [3.8, 4) is 5.75 Å². The molecule has 3 aromatic carbocycles. The van der Waals surface area contributed by atoms with E-state index < -0.39 is 5.66 Å². The van der Waals surface area contributed by atoms with Crippen molar-refractivity contribution in [2.45, 2.75) is 32.4 Å². The van der Waals surface area contributed by atoms with Gasteiger partial charge in [0.05, 0.1) is 12.2 Å². The fourth-order valence-electron chi connectivity index (χ4n) is 4.23. The van der Waals surface area contributed by atoms with E-state index in [2.05, 4.69) is 36.5 Å². The van der Waals surface area contributed by atoms with E-state index in [9.17, 15) is 4.79 Å². The number of benzene rings is 3. The van der Waals surface area contributed by atoms with Crippen LogP contribution in [0.15, 0.2) is 78.9 Å². The summed E-state index contributed by atoms with van der Waals surface area (Å²) in [5, 5.41) is 3.60. The minimum absolute atomic E-state index is 0.0354. The molecule has 0 saturated carbocycles. The fraction of sp³-hybridized carbons (Fsp3) is 0.269. The maximum atomic E-state index is 13.2. The number of nitrogens with one attached hydrogen (secondary N) is 1. The van der Waals surface area contributed by atoms with Gasteiger partial charge >= 0.3 is 0 Å². The molecule has 4 heteroatoms. The lowest BCUT2D eigenvalue weighted by atomic mass is 9.93. The molecule has 1 amide bonds. The van der Waals surface area contributed by atoms with Crippen molar-refractivity contribution in [3.63, 3.8) is 0 Å². The highest BCUT2D eigenvalue weighted by Gasteiger charge is 2.43. The van der Waals surface area contributed by atoms with Gasteiger partial charge in [-0.1, -0.05) is 60.7 Å². The molecule has 1 atom stereocenters. The summed E-state index contributed by atoms with van der Waals surface area (Å²) in [5.74, 6) is 0.847. The molecule has 0 spiro atoms. The molecule has 0 bridgehead atoms. The Bertz CT molecular complexity index is 1020. The Morgan fingerprint density at radius 2 is 1.63 bits per heavy atom. The topological polar surface area (TPSA) is 41.6 Å². The Labute approximate surface area is 178 Å². The molecular weight excluding hydrogens is 372 g/mol. The first-order valence-corrected chi connectivity index (χ1v) is 10.6. The van der Waals surface area contributed by atoms with E-state index in [1.54, 1.807) is 0 Å². The highest BCUT2D eigenvalue weighted by Crippen LogP contribution is 2.41. The third-order valence-corrected chi connectivity index (χ3v) is 5.76. The van der Waals surface area contributed by atoms with E-state index in [0.717, 1.165) is 29.8 Å². The lowest BCUT2D eigenvalue weighted by molar-refractivity contribution is 0.0547. The molecule has 3 aromatic rings. The number of carbonyl (C=O) groups excluding carboxylic acids is 1. The van der Waals surface area contributed by atoms with E-state index in [0.29, 0.717) is 18.7 Å². The number of hydrogen-bond acceptors (Lipinski definition) is 3. The van der Waals surface area contributed by atoms with Crippen molar-refractivity contribution in [3.05, 3.63) is 95.6 Å². The van der Waals surface area contributed by atoms with Crippen molar-refractivity contribution in [1.29, 1.82) is 0 Å². The molecule has 4 rings (SSSR count). The maximum absolute atomic E-state index is 13.2. The van der Waals surface area contributed by atoms with Crippen LogP contribution < -0.4 is 10.1 Å². The molecule has 4 nitrogen and oxygen atoms in total. The number of amides is 1. The van der Waals surface area contributed by atoms with Gasteiger partial charge in [0.15, 0.2) is 0 Å². The number of aryl methyl sites for hydroxylation is 1. The number of fused-ring (bicyclic) bond motifs is 1. The smallest absolute Gasteiger partial charge is 0.258 e. The number of anilines is 1. The van der Waals surface area contributed by atoms with Crippen molar-refractivity contribution in [2.75, 3.05) is 18.5 Å². The number of hydrogen-bond donors (Lipinski definition) is 1. The van der Waals surface area contributed by atoms with Crippen LogP contribution in [0, 0.1) is 0 Å². The molecule has 1 aliphatic heterocycles. The number of ether oxygens (including phenoxy) is 1. The van der Waals surface area contributed by atoms with Gasteiger partial charge in [-0.3, -0.25) is 4.79 Å². The summed E-state index contributed by atoms with van der Waals surface area (Å²) in [6, 6.07) is 26.1. The van der Waals surface area contributed by atoms with Crippen LogP contribution in [0.5, 0.6) is 5.75 Å². The third-order valence-electron chi connectivity index (χ3n) is 5.76. The first-order chi connectivity index (χ1) is 14.6. The SMILES string of the molecule is CCN1C(=O)c2ccccc2NC1(C)c1ccccc1OCCCc1ccccc1. The molecular formula is C26H28N2O2. The average molecular weight is 401 g/mol. The number of nitrogens with zero attached hydrogens (tertiary/aromatic N) is 1. The van der Waals surface area contributed by atoms with Gasteiger partial charge in [0.25, 0.3) is 5.91 Å². The average Bonchev–Trinajstić information content (AvgIpc) is 2.78. The van der Waals surface area contributed by atoms with Gasteiger partial charge in [-0.25, -0.2) is 0 Å². The van der Waals surface area contributed by atoms with E-state index in [1.807, 2.05) is 66.4 Å². The van der Waals surface area contributed by atoms with Crippen LogP contribution >= 0.6 is 0 Å². The first-order valence-electron chi connectivity index (χ1n) is 10.6. The molecule has 30 heavy (non-hydrogen) atoms. The van der Waals surface area contributed by atoms with E-state index >= 15 is 0 Å². The summed E-state index contributed by atoms with van der Waals surface area (Å²) in [6.45, 7) is 5.28. The minimum Gasteiger partial charge on any atom is -0.493 e. The highest BCUT2D eigenvalue weighted by atomic mass is 16.5. The zero-order chi connectivity index (χ0) is 21.0. The van der Waals surface area contributed by atoms with Crippen molar-refractivity contribution >= 4 is 11.6 Å². The van der Waals surface area contributed by atoms with E-state index in [1.165, 1.54) is 5.56 Å². The van der Waals surface area contributed by atoms with Crippen LogP contribution in [0.25, 0.3) is 0 Å². The van der Waals surface area contributed by atoms with Crippen molar-refractivity contribution in [2.24, 2.45) is 0 Å². The molecule has 0 aromatic heterocycles. The Hall–Kier alpha value is -3.27. The van der Waals surface area contributed by atoms with Crippen molar-refractivity contribution in [1.82, 2.24) is 4.90 Å². The molecule has 1 unspecified atom stereocenters. The largest absolute Gasteiger partial charge is 0.493 e. The zero-order valence-corrected chi connectivity index (χ0v) is 17.6. The lowest BCUT2D eigenvalue weighted by Crippen LogP contribution is -2.55. The Morgan fingerprint density at radius 3 is 2.43 bits per heavy atom. The summed E-state index contributed by atoms with van der Waals surface area (Å²) in [4.78, 5) is 15.1. The summed E-state index contributed by atoms with van der Waals surface area (Å²) < 4.78 is 6.22. The minimum atomic E-state index is -0.684. The Kier molecular flexibility index (Phi) is 5.75. The molecule has 1 heterocycles. The normalized spacial score (nSPS) is 17.9. The summed E-state index contributed by atoms with van der Waals surface area (Å²) >= 11 is 0. The molecule has 0 saturated heterocycles. The monoisotopic (exact) mass is 400 g/mol. The van der Waals surface area contributed by atoms with Crippen LogP contribution in [0.2, 0.25) is 0 Å². The van der Waals surface area contributed by atoms with Gasteiger partial charge in [0.2, 0.25) is 0 Å². The van der Waals surface area contributed by atoms with Gasteiger partial charge < -0.3 is 15.0 Å². The third kappa shape index (κ3) is 3.78. The zero-order valence-electron chi connectivity index (χ0n) is 17.6. The molecule has 154 valence electrons. The quantitative estimate of drug-likeness (QED) is 0.536. The second kappa shape index (κ2) is 8.62. The first kappa shape index (κ1) is 20.0. The van der Waals surface area contributed by atoms with Crippen LogP contribution in [0.3, 0.4) is 0 Å². The van der Waals surface area contributed by atoms with Crippen LogP contribution in [0.4, 0.5) is 5.69 Å². The van der Waals surface area contributed by atoms with Gasteiger partial charge in [-0.05, 0) is 50.5 Å². The molecule has 0 aliphatic carbocycles. The second-order valence-electron chi connectivity index (χ2n) is 7.73. The van der Waals surface area contributed by atoms with Crippen LogP contribution in [-0.2, 0) is 12.1 Å². The van der Waals surface area contributed by atoms with Gasteiger partial charge in [-0.15, -0.1) is 0 Å². The second-order valence-corrected chi connectivity index (χ2v) is 7.73. The standard InChI is InChI=1S/C26H28N2O2/c1-3-28-25(29)21-15-7-9-17-23(21)27-26(28,2)22-16-8-10-18-24(22)30-19-11-14-20-12-5-4-6-13-20/h4-10,12-13,15-18,27H,3,11,14,19H2,1-2H3. The predicted octanol–water partition coefficient (Wildman–Crippen LogP) is 5.46. The van der Waals surface area contributed by atoms with Gasteiger partial charge in [-0.2, -0.15) is 0 Å². The summed E-state index contributed by atoms with van der Waals surface area (Å²) in [7, 11) is 0. The van der Waals surface area contributed by atoms with E-state index in [4.69, 9.17) is 4.74 Å². The maximum Gasteiger partial charge on any atom is 0.258 e. The summed E-state index contributed by atoms with van der Waals surface area (Å²) in [5.41, 5.74) is 3.16.